The number of aryl methyl sites for hydroxylation is 2. The Labute approximate surface area is 147 Å². The minimum atomic E-state index is 0.603. The molecule has 2 N–H and O–H groups in total. The van der Waals surface area contributed by atoms with E-state index < -0.39 is 0 Å². The van der Waals surface area contributed by atoms with Crippen LogP contribution in [0.5, 0.6) is 0 Å². The van der Waals surface area contributed by atoms with Gasteiger partial charge in [0.1, 0.15) is 5.01 Å². The minimum Gasteiger partial charge on any atom is -0.357 e. The molecule has 0 aliphatic carbocycles. The fraction of sp³-hybridized carbons (Fsp3) is 0.412. The van der Waals surface area contributed by atoms with Gasteiger partial charge in [-0.3, -0.25) is 0 Å². The van der Waals surface area contributed by atoms with Crippen LogP contribution in [0.4, 0.5) is 0 Å². The van der Waals surface area contributed by atoms with E-state index in [0.29, 0.717) is 6.54 Å². The number of aliphatic imine (C=N–C) groups is 1. The summed E-state index contributed by atoms with van der Waals surface area (Å²) in [5, 5.41) is 8.44. The molecule has 0 amide bonds. The molecule has 2 rings (SSSR count). The van der Waals surface area contributed by atoms with Gasteiger partial charge in [-0.05, 0) is 44.9 Å². The lowest BCUT2D eigenvalue weighted by Crippen LogP contribution is -2.38. The number of hydrogen-bond donors (Lipinski definition) is 2. The zero-order valence-electron chi connectivity index (χ0n) is 13.8. The summed E-state index contributed by atoms with van der Waals surface area (Å²) in [6.45, 7) is 8.43. The third kappa shape index (κ3) is 5.84. The largest absolute Gasteiger partial charge is 0.357 e. The number of thiazole rings is 1. The van der Waals surface area contributed by atoms with Gasteiger partial charge in [-0.2, -0.15) is 0 Å². The predicted octanol–water partition coefficient (Wildman–Crippen LogP) is 3.71. The maximum atomic E-state index is 6.01. The lowest BCUT2D eigenvalue weighted by molar-refractivity contribution is 0.798. The van der Waals surface area contributed by atoms with Crippen molar-refractivity contribution in [1.29, 1.82) is 0 Å². The van der Waals surface area contributed by atoms with Crippen molar-refractivity contribution >= 4 is 28.9 Å². The van der Waals surface area contributed by atoms with E-state index >= 15 is 0 Å². The van der Waals surface area contributed by atoms with Crippen LogP contribution in [0.2, 0.25) is 5.02 Å². The molecule has 1 aromatic heterocycles. The highest BCUT2D eigenvalue weighted by molar-refractivity contribution is 7.11. The van der Waals surface area contributed by atoms with E-state index in [0.717, 1.165) is 41.2 Å². The zero-order chi connectivity index (χ0) is 16.7. The molecule has 0 atom stereocenters. The quantitative estimate of drug-likeness (QED) is 0.616. The molecule has 0 spiro atoms. The Bertz CT molecular complexity index is 647. The number of benzene rings is 1. The second kappa shape index (κ2) is 8.89. The normalized spacial score (nSPS) is 11.6. The highest BCUT2D eigenvalue weighted by Crippen LogP contribution is 2.17. The lowest BCUT2D eigenvalue weighted by Gasteiger charge is -2.11. The first kappa shape index (κ1) is 17.8. The fourth-order valence-electron chi connectivity index (χ4n) is 2.11. The van der Waals surface area contributed by atoms with Crippen molar-refractivity contribution in [2.75, 3.05) is 13.1 Å². The summed E-state index contributed by atoms with van der Waals surface area (Å²) in [6.07, 6.45) is 0.903. The Morgan fingerprint density at radius 1 is 1.30 bits per heavy atom. The number of nitrogens with one attached hydrogen (secondary N) is 2. The Morgan fingerprint density at radius 3 is 2.78 bits per heavy atom. The Balaban J connectivity index is 1.88. The Morgan fingerprint density at radius 2 is 2.13 bits per heavy atom. The van der Waals surface area contributed by atoms with Crippen molar-refractivity contribution in [3.8, 4) is 0 Å². The van der Waals surface area contributed by atoms with E-state index in [4.69, 9.17) is 11.6 Å². The van der Waals surface area contributed by atoms with Gasteiger partial charge >= 0.3 is 0 Å². The molecule has 0 saturated carbocycles. The summed E-state index contributed by atoms with van der Waals surface area (Å²) in [4.78, 5) is 10.4. The molecule has 0 aliphatic rings. The summed E-state index contributed by atoms with van der Waals surface area (Å²) in [6, 6.07) is 7.94. The number of aromatic nitrogens is 1. The Kier molecular flexibility index (Phi) is 6.86. The summed E-state index contributed by atoms with van der Waals surface area (Å²) < 4.78 is 0. The first-order chi connectivity index (χ1) is 11.1. The molecule has 0 fully saturated rings. The van der Waals surface area contributed by atoms with Gasteiger partial charge in [0.25, 0.3) is 0 Å². The van der Waals surface area contributed by atoms with Gasteiger partial charge in [0.15, 0.2) is 5.96 Å². The monoisotopic (exact) mass is 350 g/mol. The van der Waals surface area contributed by atoms with E-state index in [-0.39, 0.29) is 0 Å². The summed E-state index contributed by atoms with van der Waals surface area (Å²) in [7, 11) is 0. The molecule has 1 aromatic carbocycles. The SMILES string of the molecule is CCNC(=NCc1nc(C)c(C)s1)NCCc1cccc(Cl)c1. The fourth-order valence-corrected chi connectivity index (χ4v) is 3.18. The predicted molar refractivity (Wildman–Crippen MR) is 99.6 cm³/mol. The molecule has 0 bridgehead atoms. The van der Waals surface area contributed by atoms with Gasteiger partial charge in [0.2, 0.25) is 0 Å². The van der Waals surface area contributed by atoms with Crippen molar-refractivity contribution < 1.29 is 0 Å². The highest BCUT2D eigenvalue weighted by atomic mass is 35.5. The molecule has 23 heavy (non-hydrogen) atoms. The van der Waals surface area contributed by atoms with Crippen LogP contribution in [0.15, 0.2) is 29.3 Å². The van der Waals surface area contributed by atoms with E-state index in [9.17, 15) is 0 Å². The van der Waals surface area contributed by atoms with Crippen molar-refractivity contribution in [3.05, 3.63) is 50.4 Å². The standard InChI is InChI=1S/C17H23ClN4S/c1-4-19-17(21-11-16-22-12(2)13(3)23-16)20-9-8-14-6-5-7-15(18)10-14/h5-7,10H,4,8-9,11H2,1-3H3,(H2,19,20,21). The molecular formula is C17H23ClN4S. The van der Waals surface area contributed by atoms with Gasteiger partial charge in [-0.1, -0.05) is 23.7 Å². The molecule has 0 aliphatic heterocycles. The number of rotatable bonds is 6. The number of hydrogen-bond acceptors (Lipinski definition) is 3. The van der Waals surface area contributed by atoms with Crippen LogP contribution < -0.4 is 10.6 Å². The smallest absolute Gasteiger partial charge is 0.191 e. The molecule has 124 valence electrons. The molecule has 0 saturated heterocycles. The topological polar surface area (TPSA) is 49.3 Å². The van der Waals surface area contributed by atoms with Crippen molar-refractivity contribution in [2.24, 2.45) is 4.99 Å². The van der Waals surface area contributed by atoms with E-state index in [2.05, 4.69) is 40.5 Å². The van der Waals surface area contributed by atoms with E-state index in [1.165, 1.54) is 10.4 Å². The van der Waals surface area contributed by atoms with Crippen LogP contribution in [0.1, 0.15) is 28.1 Å². The van der Waals surface area contributed by atoms with Gasteiger partial charge in [0.05, 0.1) is 12.2 Å². The minimum absolute atomic E-state index is 0.603. The van der Waals surface area contributed by atoms with E-state index in [1.807, 2.05) is 25.1 Å². The molecule has 0 unspecified atom stereocenters. The van der Waals surface area contributed by atoms with Crippen LogP contribution in [-0.4, -0.2) is 24.0 Å². The van der Waals surface area contributed by atoms with Gasteiger partial charge < -0.3 is 10.6 Å². The van der Waals surface area contributed by atoms with Crippen LogP contribution in [0, 0.1) is 13.8 Å². The number of nitrogens with zero attached hydrogens (tertiary/aromatic N) is 2. The second-order valence-corrected chi connectivity index (χ2v) is 6.98. The van der Waals surface area contributed by atoms with E-state index in [1.54, 1.807) is 11.3 Å². The lowest BCUT2D eigenvalue weighted by atomic mass is 10.1. The number of guanidine groups is 1. The molecule has 1 heterocycles. The van der Waals surface area contributed by atoms with Gasteiger partial charge in [-0.15, -0.1) is 11.3 Å². The van der Waals surface area contributed by atoms with Crippen LogP contribution in [0.25, 0.3) is 0 Å². The van der Waals surface area contributed by atoms with Crippen molar-refractivity contribution in [2.45, 2.75) is 33.7 Å². The highest BCUT2D eigenvalue weighted by Gasteiger charge is 2.04. The van der Waals surface area contributed by atoms with Crippen molar-refractivity contribution in [3.63, 3.8) is 0 Å². The zero-order valence-corrected chi connectivity index (χ0v) is 15.4. The maximum absolute atomic E-state index is 6.01. The first-order valence-electron chi connectivity index (χ1n) is 7.78. The van der Waals surface area contributed by atoms with Crippen LogP contribution in [-0.2, 0) is 13.0 Å². The summed E-state index contributed by atoms with van der Waals surface area (Å²) in [5.74, 6) is 0.819. The molecule has 6 heteroatoms. The van der Waals surface area contributed by atoms with Crippen LogP contribution in [0.3, 0.4) is 0 Å². The summed E-state index contributed by atoms with van der Waals surface area (Å²) >= 11 is 7.71. The Hall–Kier alpha value is -1.59. The average molecular weight is 351 g/mol. The molecular weight excluding hydrogens is 328 g/mol. The third-order valence-corrected chi connectivity index (χ3v) is 4.68. The van der Waals surface area contributed by atoms with Gasteiger partial charge in [0, 0.05) is 23.0 Å². The van der Waals surface area contributed by atoms with Crippen LogP contribution >= 0.6 is 22.9 Å². The molecule has 2 aromatic rings. The average Bonchev–Trinajstić information content (AvgIpc) is 2.83. The molecule has 0 radical (unpaired) electrons. The van der Waals surface area contributed by atoms with Gasteiger partial charge in [-0.25, -0.2) is 9.98 Å². The third-order valence-electron chi connectivity index (χ3n) is 3.38. The molecule has 4 nitrogen and oxygen atoms in total. The first-order valence-corrected chi connectivity index (χ1v) is 8.97. The summed E-state index contributed by atoms with van der Waals surface area (Å²) in [5.41, 5.74) is 2.31. The second-order valence-electron chi connectivity index (χ2n) is 5.25. The number of halogens is 1. The van der Waals surface area contributed by atoms with Crippen molar-refractivity contribution in [1.82, 2.24) is 15.6 Å². The maximum Gasteiger partial charge on any atom is 0.191 e.